The van der Waals surface area contributed by atoms with Crippen LogP contribution in [0, 0.1) is 5.82 Å². The molecule has 1 amide bonds. The van der Waals surface area contributed by atoms with Gasteiger partial charge in [0.2, 0.25) is 15.9 Å². The molecule has 1 aromatic heterocycles. The predicted octanol–water partition coefficient (Wildman–Crippen LogP) is 2.35. The molecule has 0 spiro atoms. The Morgan fingerprint density at radius 1 is 1.08 bits per heavy atom. The second kappa shape index (κ2) is 7.63. The van der Waals surface area contributed by atoms with Gasteiger partial charge in [-0.1, -0.05) is 18.2 Å². The van der Waals surface area contributed by atoms with Gasteiger partial charge in [0, 0.05) is 37.5 Å². The Kier molecular flexibility index (Phi) is 5.51. The number of aryl methyl sites for hydroxylation is 1. The molecule has 134 valence electrons. The fourth-order valence-electron chi connectivity index (χ4n) is 2.81. The van der Waals surface area contributed by atoms with Crippen molar-refractivity contribution in [3.05, 3.63) is 52.5 Å². The third kappa shape index (κ3) is 4.08. The van der Waals surface area contributed by atoms with Gasteiger partial charge in [-0.15, -0.1) is 11.3 Å². The summed E-state index contributed by atoms with van der Waals surface area (Å²) in [5.74, 6) is -0.728. The molecule has 5 nitrogen and oxygen atoms in total. The molecule has 1 fully saturated rings. The SMILES string of the molecule is O=C(CCc1cccs1)N1CCN(S(=O)(=O)c2ccccc2F)CC1. The molecule has 0 aliphatic carbocycles. The van der Waals surface area contributed by atoms with Gasteiger partial charge in [0.25, 0.3) is 0 Å². The largest absolute Gasteiger partial charge is 0.340 e. The number of piperazine rings is 1. The molecular weight excluding hydrogens is 363 g/mol. The molecule has 0 saturated carbocycles. The van der Waals surface area contributed by atoms with Crippen LogP contribution in [0.3, 0.4) is 0 Å². The molecule has 25 heavy (non-hydrogen) atoms. The molecule has 0 N–H and O–H groups in total. The van der Waals surface area contributed by atoms with Crippen LogP contribution in [0.4, 0.5) is 4.39 Å². The topological polar surface area (TPSA) is 57.7 Å². The molecule has 1 saturated heterocycles. The van der Waals surface area contributed by atoms with Crippen molar-refractivity contribution in [2.75, 3.05) is 26.2 Å². The van der Waals surface area contributed by atoms with E-state index in [0.717, 1.165) is 10.9 Å². The quantitative estimate of drug-likeness (QED) is 0.798. The molecule has 3 rings (SSSR count). The van der Waals surface area contributed by atoms with Gasteiger partial charge in [0.15, 0.2) is 0 Å². The van der Waals surface area contributed by atoms with Crippen LogP contribution in [0.5, 0.6) is 0 Å². The first kappa shape index (κ1) is 18.0. The van der Waals surface area contributed by atoms with Crippen LogP contribution in [0.1, 0.15) is 11.3 Å². The van der Waals surface area contributed by atoms with Crippen LogP contribution in [0.15, 0.2) is 46.7 Å². The minimum absolute atomic E-state index is 0.0244. The first-order valence-electron chi connectivity index (χ1n) is 8.03. The van der Waals surface area contributed by atoms with Crippen molar-refractivity contribution in [1.29, 1.82) is 0 Å². The molecule has 0 radical (unpaired) electrons. The maximum Gasteiger partial charge on any atom is 0.246 e. The Morgan fingerprint density at radius 2 is 1.80 bits per heavy atom. The summed E-state index contributed by atoms with van der Waals surface area (Å²) in [7, 11) is -3.87. The lowest BCUT2D eigenvalue weighted by Crippen LogP contribution is -2.50. The summed E-state index contributed by atoms with van der Waals surface area (Å²) >= 11 is 1.62. The van der Waals surface area contributed by atoms with E-state index in [1.165, 1.54) is 22.5 Å². The standard InChI is InChI=1S/C17H19FN2O3S2/c18-15-5-1-2-6-16(15)25(22,23)20-11-9-19(10-12-20)17(21)8-7-14-4-3-13-24-14/h1-6,13H,7-12H2. The van der Waals surface area contributed by atoms with E-state index in [-0.39, 0.29) is 23.9 Å². The molecule has 8 heteroatoms. The average Bonchev–Trinajstić information content (AvgIpc) is 3.13. The molecule has 0 unspecified atom stereocenters. The number of amides is 1. The smallest absolute Gasteiger partial charge is 0.246 e. The van der Waals surface area contributed by atoms with Crippen LogP contribution in [-0.4, -0.2) is 49.7 Å². The van der Waals surface area contributed by atoms with E-state index in [4.69, 9.17) is 0 Å². The van der Waals surface area contributed by atoms with Gasteiger partial charge in [-0.05, 0) is 30.0 Å². The third-order valence-corrected chi connectivity index (χ3v) is 7.08. The molecule has 1 aromatic carbocycles. The zero-order valence-electron chi connectivity index (χ0n) is 13.6. The highest BCUT2D eigenvalue weighted by atomic mass is 32.2. The minimum Gasteiger partial charge on any atom is -0.340 e. The zero-order chi connectivity index (χ0) is 17.9. The molecular formula is C17H19FN2O3S2. The third-order valence-electron chi connectivity index (χ3n) is 4.21. The fourth-order valence-corrected chi connectivity index (χ4v) is 5.01. The van der Waals surface area contributed by atoms with E-state index >= 15 is 0 Å². The van der Waals surface area contributed by atoms with Crippen molar-refractivity contribution in [3.63, 3.8) is 0 Å². The summed E-state index contributed by atoms with van der Waals surface area (Å²) in [5, 5.41) is 1.98. The summed E-state index contributed by atoms with van der Waals surface area (Å²) < 4.78 is 40.2. The second-order valence-corrected chi connectivity index (χ2v) is 8.73. The van der Waals surface area contributed by atoms with Gasteiger partial charge in [-0.3, -0.25) is 4.79 Å². The highest BCUT2D eigenvalue weighted by Crippen LogP contribution is 2.21. The molecule has 1 aliphatic rings. The van der Waals surface area contributed by atoms with Gasteiger partial charge in [0.05, 0.1) is 0 Å². The van der Waals surface area contributed by atoms with Gasteiger partial charge in [-0.2, -0.15) is 4.31 Å². The number of hydrogen-bond donors (Lipinski definition) is 0. The van der Waals surface area contributed by atoms with Crippen molar-refractivity contribution in [2.24, 2.45) is 0 Å². The summed E-state index contributed by atoms with van der Waals surface area (Å²) in [5.41, 5.74) is 0. The highest BCUT2D eigenvalue weighted by molar-refractivity contribution is 7.89. The number of carbonyl (C=O) groups is 1. The summed E-state index contributed by atoms with van der Waals surface area (Å²) in [6.07, 6.45) is 1.12. The molecule has 0 bridgehead atoms. The Balaban J connectivity index is 1.58. The maximum absolute atomic E-state index is 13.8. The number of sulfonamides is 1. The second-order valence-electron chi connectivity index (χ2n) is 5.79. The first-order valence-corrected chi connectivity index (χ1v) is 10.4. The fraction of sp³-hybridized carbons (Fsp3) is 0.353. The monoisotopic (exact) mass is 382 g/mol. The van der Waals surface area contributed by atoms with Crippen molar-refractivity contribution in [3.8, 4) is 0 Å². The van der Waals surface area contributed by atoms with E-state index in [1.807, 2.05) is 17.5 Å². The maximum atomic E-state index is 13.8. The number of halogens is 1. The molecule has 2 aromatic rings. The minimum atomic E-state index is -3.87. The Morgan fingerprint density at radius 3 is 2.44 bits per heavy atom. The van der Waals surface area contributed by atoms with Gasteiger partial charge in [-0.25, -0.2) is 12.8 Å². The molecule has 2 heterocycles. The summed E-state index contributed by atoms with van der Waals surface area (Å²) in [6, 6.07) is 9.31. The predicted molar refractivity (Wildman–Crippen MR) is 94.4 cm³/mol. The Hall–Kier alpha value is -1.77. The summed E-state index contributed by atoms with van der Waals surface area (Å²) in [6.45, 7) is 1.02. The Labute approximate surface area is 150 Å². The van der Waals surface area contributed by atoms with Gasteiger partial charge in [0.1, 0.15) is 10.7 Å². The lowest BCUT2D eigenvalue weighted by molar-refractivity contribution is -0.132. The van der Waals surface area contributed by atoms with Crippen molar-refractivity contribution < 1.29 is 17.6 Å². The van der Waals surface area contributed by atoms with Crippen LogP contribution >= 0.6 is 11.3 Å². The number of carbonyl (C=O) groups excluding carboxylic acids is 1. The van der Waals surface area contributed by atoms with Crippen molar-refractivity contribution >= 4 is 27.3 Å². The summed E-state index contributed by atoms with van der Waals surface area (Å²) in [4.78, 5) is 14.8. The van der Waals surface area contributed by atoms with Gasteiger partial charge >= 0.3 is 0 Å². The van der Waals surface area contributed by atoms with Crippen LogP contribution in [-0.2, 0) is 21.2 Å². The molecule has 1 aliphatic heterocycles. The molecule has 0 atom stereocenters. The van der Waals surface area contributed by atoms with E-state index < -0.39 is 15.8 Å². The number of thiophene rings is 1. The van der Waals surface area contributed by atoms with E-state index in [9.17, 15) is 17.6 Å². The normalized spacial score (nSPS) is 16.1. The lowest BCUT2D eigenvalue weighted by Gasteiger charge is -2.34. The van der Waals surface area contributed by atoms with E-state index in [2.05, 4.69) is 0 Å². The van der Waals surface area contributed by atoms with Crippen molar-refractivity contribution in [2.45, 2.75) is 17.7 Å². The van der Waals surface area contributed by atoms with E-state index in [1.54, 1.807) is 16.2 Å². The zero-order valence-corrected chi connectivity index (χ0v) is 15.2. The number of benzene rings is 1. The highest BCUT2D eigenvalue weighted by Gasteiger charge is 2.31. The first-order chi connectivity index (χ1) is 12.0. The number of nitrogens with zero attached hydrogens (tertiary/aromatic N) is 2. The van der Waals surface area contributed by atoms with Crippen LogP contribution in [0.2, 0.25) is 0 Å². The van der Waals surface area contributed by atoms with Crippen LogP contribution in [0.25, 0.3) is 0 Å². The van der Waals surface area contributed by atoms with Gasteiger partial charge < -0.3 is 4.90 Å². The Bertz CT molecular complexity index is 829. The number of hydrogen-bond acceptors (Lipinski definition) is 4. The van der Waals surface area contributed by atoms with Crippen molar-refractivity contribution in [1.82, 2.24) is 9.21 Å². The number of rotatable bonds is 5. The lowest BCUT2D eigenvalue weighted by atomic mass is 10.2. The average molecular weight is 382 g/mol. The van der Waals surface area contributed by atoms with Crippen LogP contribution < -0.4 is 0 Å². The van der Waals surface area contributed by atoms with E-state index in [0.29, 0.717) is 25.9 Å².